The predicted molar refractivity (Wildman–Crippen MR) is 63.3 cm³/mol. The lowest BCUT2D eigenvalue weighted by Crippen LogP contribution is -2.26. The van der Waals surface area contributed by atoms with Gasteiger partial charge < -0.3 is 5.11 Å². The third kappa shape index (κ3) is 2.97. The minimum Gasteiger partial charge on any atom is -0.481 e. The zero-order valence-corrected chi connectivity index (χ0v) is 10.7. The van der Waals surface area contributed by atoms with E-state index >= 15 is 0 Å². The van der Waals surface area contributed by atoms with Crippen molar-refractivity contribution in [2.45, 2.75) is 25.2 Å². The van der Waals surface area contributed by atoms with Crippen molar-refractivity contribution in [2.24, 2.45) is 5.41 Å². The Labute approximate surface area is 103 Å². The zero-order chi connectivity index (χ0) is 13.2. The monoisotopic (exact) mass is 260 g/mol. The maximum absolute atomic E-state index is 13.9. The van der Waals surface area contributed by atoms with E-state index in [0.29, 0.717) is 0 Å². The molecule has 0 heterocycles. The molecule has 2 nitrogen and oxygen atoms in total. The molecule has 17 heavy (non-hydrogen) atoms. The minimum atomic E-state index is -1.08. The van der Waals surface area contributed by atoms with Gasteiger partial charge in [-0.25, -0.2) is 8.78 Å². The van der Waals surface area contributed by atoms with Crippen molar-refractivity contribution >= 4 is 17.7 Å². The molecular weight excluding hydrogens is 246 g/mol. The molecule has 1 aromatic rings. The fraction of sp³-hybridized carbons (Fsp3) is 0.417. The number of rotatable bonds is 4. The van der Waals surface area contributed by atoms with Gasteiger partial charge >= 0.3 is 5.97 Å². The third-order valence-electron chi connectivity index (χ3n) is 2.54. The second kappa shape index (κ2) is 5.04. The van der Waals surface area contributed by atoms with Crippen LogP contribution >= 0.6 is 11.8 Å². The maximum atomic E-state index is 13.9. The SMILES string of the molecule is CSc1c(F)ccc(CC(C)(C)C(=O)O)c1F. The second-order valence-electron chi connectivity index (χ2n) is 4.42. The fourth-order valence-corrected chi connectivity index (χ4v) is 2.02. The van der Waals surface area contributed by atoms with Crippen molar-refractivity contribution < 1.29 is 18.7 Å². The molecule has 5 heteroatoms. The number of carbonyl (C=O) groups is 1. The normalized spacial score (nSPS) is 11.6. The molecule has 0 aliphatic heterocycles. The van der Waals surface area contributed by atoms with E-state index in [0.717, 1.165) is 11.8 Å². The van der Waals surface area contributed by atoms with Gasteiger partial charge in [-0.05, 0) is 38.2 Å². The Kier molecular flexibility index (Phi) is 4.14. The van der Waals surface area contributed by atoms with Crippen molar-refractivity contribution in [1.82, 2.24) is 0 Å². The molecule has 1 rings (SSSR count). The summed E-state index contributed by atoms with van der Waals surface area (Å²) in [4.78, 5) is 10.9. The first-order valence-corrected chi connectivity index (χ1v) is 6.26. The molecule has 94 valence electrons. The number of carboxylic acids is 1. The van der Waals surface area contributed by atoms with Gasteiger partial charge in [-0.3, -0.25) is 4.79 Å². The summed E-state index contributed by atoms with van der Waals surface area (Å²) in [6.07, 6.45) is 1.61. The summed E-state index contributed by atoms with van der Waals surface area (Å²) in [5, 5.41) is 8.97. The van der Waals surface area contributed by atoms with E-state index in [1.807, 2.05) is 0 Å². The van der Waals surface area contributed by atoms with Crippen molar-refractivity contribution in [3.8, 4) is 0 Å². The van der Waals surface area contributed by atoms with Crippen LogP contribution in [0.1, 0.15) is 19.4 Å². The summed E-state index contributed by atoms with van der Waals surface area (Å²) in [5.74, 6) is -2.29. The molecule has 0 bridgehead atoms. The van der Waals surface area contributed by atoms with Gasteiger partial charge in [-0.2, -0.15) is 0 Å². The molecule has 0 unspecified atom stereocenters. The number of thioether (sulfide) groups is 1. The smallest absolute Gasteiger partial charge is 0.309 e. The van der Waals surface area contributed by atoms with Gasteiger partial charge in [-0.15, -0.1) is 11.8 Å². The summed E-state index contributed by atoms with van der Waals surface area (Å²) in [6.45, 7) is 3.02. The first-order valence-electron chi connectivity index (χ1n) is 5.04. The molecule has 0 saturated carbocycles. The Morgan fingerprint density at radius 2 is 2.00 bits per heavy atom. The first kappa shape index (κ1) is 14.0. The van der Waals surface area contributed by atoms with Crippen LogP contribution in [0.15, 0.2) is 17.0 Å². The molecule has 0 amide bonds. The molecule has 0 saturated heterocycles. The van der Waals surface area contributed by atoms with E-state index in [-0.39, 0.29) is 16.9 Å². The molecule has 0 aromatic heterocycles. The summed E-state index contributed by atoms with van der Waals surface area (Å²) >= 11 is 0.973. The Hall–Kier alpha value is -1.10. The van der Waals surface area contributed by atoms with Gasteiger partial charge in [0.1, 0.15) is 11.6 Å². The highest BCUT2D eigenvalue weighted by Crippen LogP contribution is 2.30. The van der Waals surface area contributed by atoms with Gasteiger partial charge in [0.05, 0.1) is 10.3 Å². The quantitative estimate of drug-likeness (QED) is 0.844. The number of carboxylic acid groups (broad SMARTS) is 1. The standard InChI is InChI=1S/C12H14F2O2S/c1-12(2,11(15)16)6-7-4-5-8(13)10(17-3)9(7)14/h4-5H,6H2,1-3H3,(H,15,16). The summed E-state index contributed by atoms with van der Waals surface area (Å²) in [6, 6.07) is 2.47. The van der Waals surface area contributed by atoms with Crippen molar-refractivity contribution in [3.63, 3.8) is 0 Å². The Balaban J connectivity index is 3.13. The van der Waals surface area contributed by atoms with Crippen LogP contribution in [0.5, 0.6) is 0 Å². The molecule has 0 aliphatic carbocycles. The Morgan fingerprint density at radius 3 is 2.47 bits per heavy atom. The number of halogens is 2. The largest absolute Gasteiger partial charge is 0.481 e. The lowest BCUT2D eigenvalue weighted by molar-refractivity contribution is -0.146. The average Bonchev–Trinajstić information content (AvgIpc) is 2.23. The van der Waals surface area contributed by atoms with E-state index in [1.165, 1.54) is 26.0 Å². The lowest BCUT2D eigenvalue weighted by atomic mass is 9.86. The number of aliphatic carboxylic acids is 1. The van der Waals surface area contributed by atoms with Crippen molar-refractivity contribution in [2.75, 3.05) is 6.26 Å². The van der Waals surface area contributed by atoms with Crippen LogP contribution in [0.4, 0.5) is 8.78 Å². The summed E-state index contributed by atoms with van der Waals surface area (Å²) in [5.41, 5.74) is -0.850. The molecule has 0 spiro atoms. The van der Waals surface area contributed by atoms with E-state index in [2.05, 4.69) is 0 Å². The fourth-order valence-electron chi connectivity index (χ4n) is 1.45. The number of hydrogen-bond donors (Lipinski definition) is 1. The van der Waals surface area contributed by atoms with Gasteiger partial charge in [0.25, 0.3) is 0 Å². The van der Waals surface area contributed by atoms with E-state index in [4.69, 9.17) is 5.11 Å². The average molecular weight is 260 g/mol. The van der Waals surface area contributed by atoms with Crippen LogP contribution < -0.4 is 0 Å². The van der Waals surface area contributed by atoms with Crippen LogP contribution in [-0.4, -0.2) is 17.3 Å². The Morgan fingerprint density at radius 1 is 1.41 bits per heavy atom. The van der Waals surface area contributed by atoms with Gasteiger partial charge in [0.15, 0.2) is 0 Å². The van der Waals surface area contributed by atoms with Gasteiger partial charge in [-0.1, -0.05) is 6.07 Å². The molecule has 0 aliphatic rings. The topological polar surface area (TPSA) is 37.3 Å². The van der Waals surface area contributed by atoms with Crippen molar-refractivity contribution in [3.05, 3.63) is 29.3 Å². The minimum absolute atomic E-state index is 0.0298. The van der Waals surface area contributed by atoms with Crippen LogP contribution in [0.3, 0.4) is 0 Å². The van der Waals surface area contributed by atoms with E-state index in [1.54, 1.807) is 6.26 Å². The summed E-state index contributed by atoms with van der Waals surface area (Å²) < 4.78 is 27.1. The van der Waals surface area contributed by atoms with E-state index < -0.39 is 23.0 Å². The molecule has 0 fully saturated rings. The zero-order valence-electron chi connectivity index (χ0n) is 9.88. The summed E-state index contributed by atoms with van der Waals surface area (Å²) in [7, 11) is 0. The second-order valence-corrected chi connectivity index (χ2v) is 5.24. The molecule has 0 atom stereocenters. The highest BCUT2D eigenvalue weighted by atomic mass is 32.2. The van der Waals surface area contributed by atoms with Crippen LogP contribution in [-0.2, 0) is 11.2 Å². The Bertz CT molecular complexity index is 444. The first-order chi connectivity index (χ1) is 7.79. The van der Waals surface area contributed by atoms with Crippen LogP contribution in [0.25, 0.3) is 0 Å². The highest BCUT2D eigenvalue weighted by molar-refractivity contribution is 7.98. The van der Waals surface area contributed by atoms with Crippen LogP contribution in [0.2, 0.25) is 0 Å². The number of benzene rings is 1. The molecule has 1 N–H and O–H groups in total. The number of hydrogen-bond acceptors (Lipinski definition) is 2. The third-order valence-corrected chi connectivity index (χ3v) is 3.33. The lowest BCUT2D eigenvalue weighted by Gasteiger charge is -2.20. The van der Waals surface area contributed by atoms with Crippen molar-refractivity contribution in [1.29, 1.82) is 0 Å². The molecular formula is C12H14F2O2S. The van der Waals surface area contributed by atoms with Gasteiger partial charge in [0.2, 0.25) is 0 Å². The van der Waals surface area contributed by atoms with E-state index in [9.17, 15) is 13.6 Å². The van der Waals surface area contributed by atoms with Crippen LogP contribution in [0, 0.1) is 17.0 Å². The molecule has 1 aromatic carbocycles. The highest BCUT2D eigenvalue weighted by Gasteiger charge is 2.29. The maximum Gasteiger partial charge on any atom is 0.309 e. The predicted octanol–water partition coefficient (Wildman–Crippen LogP) is 3.34. The van der Waals surface area contributed by atoms with Gasteiger partial charge in [0, 0.05) is 0 Å². The molecule has 0 radical (unpaired) electrons.